The van der Waals surface area contributed by atoms with Crippen molar-refractivity contribution in [1.29, 1.82) is 0 Å². The van der Waals surface area contributed by atoms with E-state index in [-0.39, 0.29) is 29.6 Å². The summed E-state index contributed by atoms with van der Waals surface area (Å²) in [6.45, 7) is 1.38. The number of sulfonamides is 1. The Bertz CT molecular complexity index is 834. The first-order valence-electron chi connectivity index (χ1n) is 6.31. The highest BCUT2D eigenvalue weighted by Crippen LogP contribution is 2.18. The van der Waals surface area contributed by atoms with Crippen LogP contribution >= 0.6 is 0 Å². The Balaban J connectivity index is 2.32. The molecule has 0 saturated heterocycles. The molecule has 0 fully saturated rings. The minimum Gasteiger partial charge on any atom is -0.290 e. The first-order chi connectivity index (χ1) is 10.8. The molecular weight excluding hydrogens is 329 g/mol. The van der Waals surface area contributed by atoms with Crippen molar-refractivity contribution in [1.82, 2.24) is 20.5 Å². The molecule has 0 saturated carbocycles. The molecule has 2 rings (SSSR count). The van der Waals surface area contributed by atoms with Gasteiger partial charge in [-0.3, -0.25) is 10.7 Å². The second kappa shape index (κ2) is 6.81. The van der Waals surface area contributed by atoms with Gasteiger partial charge in [-0.15, -0.1) is 0 Å². The molecule has 23 heavy (non-hydrogen) atoms. The highest BCUT2D eigenvalue weighted by molar-refractivity contribution is 7.88. The molecule has 0 aliphatic rings. The molecule has 0 bridgehead atoms. The zero-order valence-electron chi connectivity index (χ0n) is 12.2. The summed E-state index contributed by atoms with van der Waals surface area (Å²) in [6, 6.07) is 4.10. The summed E-state index contributed by atoms with van der Waals surface area (Å²) in [4.78, 5) is 4.08. The number of aryl methyl sites for hydroxylation is 1. The third-order valence-corrected chi connectivity index (χ3v) is 3.44. The zero-order chi connectivity index (χ0) is 17.0. The van der Waals surface area contributed by atoms with Crippen LogP contribution in [0.2, 0.25) is 0 Å². The number of amidine groups is 1. The molecule has 2 aromatic rings. The first-order valence-corrected chi connectivity index (χ1v) is 8.20. The number of nitrogens with one attached hydrogen (secondary N) is 2. The Morgan fingerprint density at radius 1 is 1.43 bits per heavy atom. The number of halogens is 1. The average Bonchev–Trinajstić information content (AvgIpc) is 2.94. The molecule has 0 spiro atoms. The van der Waals surface area contributed by atoms with Crippen molar-refractivity contribution in [3.8, 4) is 0 Å². The maximum Gasteiger partial charge on any atom is 0.209 e. The molecule has 0 aliphatic heterocycles. The number of hydroxylamine groups is 1. The Labute approximate surface area is 131 Å². The van der Waals surface area contributed by atoms with E-state index in [1.807, 2.05) is 5.48 Å². The molecular formula is C12H14FN5O4S. The SMILES string of the molecule is Cc1cc(N=C(NO)c2nonc2CNS(C)(=O)=O)ccc1F. The molecule has 11 heteroatoms. The number of aromatic nitrogens is 2. The van der Waals surface area contributed by atoms with Gasteiger partial charge < -0.3 is 0 Å². The second-order valence-electron chi connectivity index (χ2n) is 4.66. The second-order valence-corrected chi connectivity index (χ2v) is 6.49. The van der Waals surface area contributed by atoms with Gasteiger partial charge in [-0.1, -0.05) is 5.16 Å². The number of hydrogen-bond acceptors (Lipinski definition) is 7. The van der Waals surface area contributed by atoms with Crippen LogP contribution in [0.25, 0.3) is 0 Å². The quantitative estimate of drug-likeness (QED) is 0.412. The van der Waals surface area contributed by atoms with Crippen LogP contribution < -0.4 is 10.2 Å². The zero-order valence-corrected chi connectivity index (χ0v) is 13.1. The topological polar surface area (TPSA) is 130 Å². The van der Waals surface area contributed by atoms with Crippen LogP contribution in [-0.4, -0.2) is 36.0 Å². The van der Waals surface area contributed by atoms with Gasteiger partial charge in [0.1, 0.15) is 11.5 Å². The van der Waals surface area contributed by atoms with E-state index >= 15 is 0 Å². The highest BCUT2D eigenvalue weighted by atomic mass is 32.2. The Hall–Kier alpha value is -2.37. The lowest BCUT2D eigenvalue weighted by Gasteiger charge is -2.04. The van der Waals surface area contributed by atoms with Gasteiger partial charge in [0.05, 0.1) is 18.5 Å². The van der Waals surface area contributed by atoms with Crippen molar-refractivity contribution >= 4 is 21.5 Å². The average molecular weight is 343 g/mol. The molecule has 3 N–H and O–H groups in total. The number of aliphatic imine (C=N–C) groups is 1. The van der Waals surface area contributed by atoms with Crippen molar-refractivity contribution in [2.24, 2.45) is 4.99 Å². The Kier molecular flexibility index (Phi) is 5.03. The fourth-order valence-corrected chi connectivity index (χ4v) is 2.06. The summed E-state index contributed by atoms with van der Waals surface area (Å²) in [6.07, 6.45) is 0.987. The van der Waals surface area contributed by atoms with Crippen molar-refractivity contribution in [2.75, 3.05) is 6.26 Å². The van der Waals surface area contributed by atoms with E-state index in [4.69, 9.17) is 0 Å². The van der Waals surface area contributed by atoms with Gasteiger partial charge in [0.15, 0.2) is 11.5 Å². The molecule has 0 aliphatic carbocycles. The minimum atomic E-state index is -3.44. The van der Waals surface area contributed by atoms with E-state index in [1.165, 1.54) is 18.2 Å². The van der Waals surface area contributed by atoms with Gasteiger partial charge in [0, 0.05) is 0 Å². The van der Waals surface area contributed by atoms with Crippen LogP contribution in [0, 0.1) is 12.7 Å². The van der Waals surface area contributed by atoms with E-state index in [9.17, 15) is 18.0 Å². The summed E-state index contributed by atoms with van der Waals surface area (Å²) >= 11 is 0. The molecule has 9 nitrogen and oxygen atoms in total. The summed E-state index contributed by atoms with van der Waals surface area (Å²) < 4.78 is 42.3. The lowest BCUT2D eigenvalue weighted by molar-refractivity contribution is 0.234. The number of benzene rings is 1. The van der Waals surface area contributed by atoms with Crippen LogP contribution in [0.5, 0.6) is 0 Å². The smallest absolute Gasteiger partial charge is 0.209 e. The highest BCUT2D eigenvalue weighted by Gasteiger charge is 2.17. The standard InChI is InChI=1S/C12H14FN5O4S/c1-7-5-8(3-4-9(7)13)15-12(16-19)11-10(17-22-18-11)6-14-23(2,20)21/h3-5,14,19H,6H2,1-2H3,(H,15,16). The maximum atomic E-state index is 13.3. The molecule has 1 heterocycles. The van der Waals surface area contributed by atoms with Crippen molar-refractivity contribution < 1.29 is 22.6 Å². The van der Waals surface area contributed by atoms with Gasteiger partial charge in [-0.25, -0.2) is 27.2 Å². The summed E-state index contributed by atoms with van der Waals surface area (Å²) in [7, 11) is -3.44. The first kappa shape index (κ1) is 17.0. The molecule has 0 amide bonds. The molecule has 124 valence electrons. The summed E-state index contributed by atoms with van der Waals surface area (Å²) in [5.74, 6) is -0.508. The normalized spacial score (nSPS) is 12.4. The van der Waals surface area contributed by atoms with Gasteiger partial charge in [-0.2, -0.15) is 0 Å². The van der Waals surface area contributed by atoms with Gasteiger partial charge in [-0.05, 0) is 35.8 Å². The monoisotopic (exact) mass is 343 g/mol. The van der Waals surface area contributed by atoms with E-state index in [1.54, 1.807) is 6.92 Å². The molecule has 0 radical (unpaired) electrons. The van der Waals surface area contributed by atoms with Crippen LogP contribution in [0.4, 0.5) is 10.1 Å². The van der Waals surface area contributed by atoms with E-state index in [0.29, 0.717) is 11.3 Å². The predicted molar refractivity (Wildman–Crippen MR) is 78.2 cm³/mol. The third kappa shape index (κ3) is 4.55. The van der Waals surface area contributed by atoms with Crippen molar-refractivity contribution in [3.05, 3.63) is 41.0 Å². The van der Waals surface area contributed by atoms with E-state index in [2.05, 4.69) is 24.7 Å². The maximum absolute atomic E-state index is 13.3. The predicted octanol–water partition coefficient (Wildman–Crippen LogP) is 0.623. The fraction of sp³-hybridized carbons (Fsp3) is 0.250. The summed E-state index contributed by atoms with van der Waals surface area (Å²) in [5.41, 5.74) is 2.71. The van der Waals surface area contributed by atoms with Gasteiger partial charge in [0.2, 0.25) is 10.0 Å². The largest absolute Gasteiger partial charge is 0.290 e. The molecule has 0 unspecified atom stereocenters. The third-order valence-electron chi connectivity index (χ3n) is 2.77. The minimum absolute atomic E-state index is 0.0191. The number of nitrogens with zero attached hydrogens (tertiary/aromatic N) is 3. The van der Waals surface area contributed by atoms with Crippen LogP contribution in [0.15, 0.2) is 27.8 Å². The lowest BCUT2D eigenvalue weighted by atomic mass is 10.2. The van der Waals surface area contributed by atoms with Crippen LogP contribution in [0.3, 0.4) is 0 Å². The Morgan fingerprint density at radius 3 is 2.78 bits per heavy atom. The molecule has 1 aromatic heterocycles. The van der Waals surface area contributed by atoms with Gasteiger partial charge in [0.25, 0.3) is 0 Å². The van der Waals surface area contributed by atoms with Crippen LogP contribution in [-0.2, 0) is 16.6 Å². The van der Waals surface area contributed by atoms with Gasteiger partial charge >= 0.3 is 0 Å². The molecule has 0 atom stereocenters. The van der Waals surface area contributed by atoms with Crippen molar-refractivity contribution in [3.63, 3.8) is 0 Å². The van der Waals surface area contributed by atoms with E-state index < -0.39 is 10.0 Å². The van der Waals surface area contributed by atoms with Crippen LogP contribution in [0.1, 0.15) is 17.0 Å². The van der Waals surface area contributed by atoms with Crippen molar-refractivity contribution in [2.45, 2.75) is 13.5 Å². The fourth-order valence-electron chi connectivity index (χ4n) is 1.66. The molecule has 1 aromatic carbocycles. The number of hydrogen-bond donors (Lipinski definition) is 3. The number of rotatable bonds is 5. The van der Waals surface area contributed by atoms with E-state index in [0.717, 1.165) is 6.26 Å². The Morgan fingerprint density at radius 2 is 2.17 bits per heavy atom. The summed E-state index contributed by atoms with van der Waals surface area (Å²) in [5, 5.41) is 16.4. The lowest BCUT2D eigenvalue weighted by Crippen LogP contribution is -2.26.